The van der Waals surface area contributed by atoms with Gasteiger partial charge in [-0.15, -0.1) is 0 Å². The van der Waals surface area contributed by atoms with Gasteiger partial charge in [0.05, 0.1) is 12.3 Å². The average molecular weight is 290 g/mol. The molecule has 0 saturated heterocycles. The van der Waals surface area contributed by atoms with E-state index in [2.05, 4.69) is 10.4 Å². The number of nitrogens with one attached hydrogen (secondary N) is 1. The second kappa shape index (κ2) is 6.76. The van der Waals surface area contributed by atoms with Crippen molar-refractivity contribution >= 4 is 11.8 Å². The van der Waals surface area contributed by atoms with Gasteiger partial charge in [-0.3, -0.25) is 10.00 Å². The number of anilines is 1. The lowest BCUT2D eigenvalue weighted by Gasteiger charge is -2.05. The standard InChI is InChI=1S/C14H18N4O3/c1-18-13(16-14(15)19)9-12(17-18)10-3-5-11(6-4-10)21-8-7-20-2/h3-6,9H,7-8H2,1-2H3,(H3,15,16,19). The van der Waals surface area contributed by atoms with Crippen LogP contribution in [0.1, 0.15) is 0 Å². The topological polar surface area (TPSA) is 91.4 Å². The monoisotopic (exact) mass is 290 g/mol. The van der Waals surface area contributed by atoms with Crippen molar-refractivity contribution in [2.45, 2.75) is 0 Å². The number of amides is 2. The molecule has 0 unspecified atom stereocenters. The van der Waals surface area contributed by atoms with E-state index in [1.54, 1.807) is 24.9 Å². The Morgan fingerprint density at radius 2 is 2.05 bits per heavy atom. The highest BCUT2D eigenvalue weighted by Gasteiger charge is 2.08. The van der Waals surface area contributed by atoms with Crippen LogP contribution in [-0.2, 0) is 11.8 Å². The molecule has 1 heterocycles. The van der Waals surface area contributed by atoms with Gasteiger partial charge in [0.25, 0.3) is 0 Å². The summed E-state index contributed by atoms with van der Waals surface area (Å²) in [6.07, 6.45) is 0. The fraction of sp³-hybridized carbons (Fsp3) is 0.286. The first-order chi connectivity index (χ1) is 10.1. The van der Waals surface area contributed by atoms with Gasteiger partial charge in [0.15, 0.2) is 0 Å². The van der Waals surface area contributed by atoms with Gasteiger partial charge in [0.1, 0.15) is 18.2 Å². The first-order valence-electron chi connectivity index (χ1n) is 6.43. The Balaban J connectivity index is 2.09. The predicted octanol–water partition coefficient (Wildman–Crippen LogP) is 1.60. The lowest BCUT2D eigenvalue weighted by Crippen LogP contribution is -2.20. The molecule has 2 aromatic rings. The number of hydrogen-bond donors (Lipinski definition) is 2. The highest BCUT2D eigenvalue weighted by atomic mass is 16.5. The fourth-order valence-corrected chi connectivity index (χ4v) is 1.82. The largest absolute Gasteiger partial charge is 0.491 e. The molecule has 0 atom stereocenters. The van der Waals surface area contributed by atoms with Crippen LogP contribution >= 0.6 is 0 Å². The Morgan fingerprint density at radius 3 is 2.67 bits per heavy atom. The third-order valence-electron chi connectivity index (χ3n) is 2.84. The van der Waals surface area contributed by atoms with E-state index in [9.17, 15) is 4.79 Å². The van der Waals surface area contributed by atoms with Gasteiger partial charge in [-0.1, -0.05) is 0 Å². The Morgan fingerprint density at radius 1 is 1.33 bits per heavy atom. The number of urea groups is 1. The number of carbonyl (C=O) groups is 1. The number of aromatic nitrogens is 2. The summed E-state index contributed by atoms with van der Waals surface area (Å²) in [4.78, 5) is 10.9. The molecule has 21 heavy (non-hydrogen) atoms. The number of nitrogens with two attached hydrogens (primary N) is 1. The van der Waals surface area contributed by atoms with Crippen molar-refractivity contribution < 1.29 is 14.3 Å². The maximum Gasteiger partial charge on any atom is 0.317 e. The quantitative estimate of drug-likeness (QED) is 0.790. The SMILES string of the molecule is COCCOc1ccc(-c2cc(NC(N)=O)n(C)n2)cc1. The minimum Gasteiger partial charge on any atom is -0.491 e. The molecule has 7 heteroatoms. The summed E-state index contributed by atoms with van der Waals surface area (Å²) < 4.78 is 12.0. The van der Waals surface area contributed by atoms with Gasteiger partial charge >= 0.3 is 6.03 Å². The zero-order valence-electron chi connectivity index (χ0n) is 12.0. The van der Waals surface area contributed by atoms with Gasteiger partial charge in [-0.05, 0) is 24.3 Å². The minimum absolute atomic E-state index is 0.506. The Labute approximate surface area is 122 Å². The van der Waals surface area contributed by atoms with Gasteiger partial charge in [0, 0.05) is 25.8 Å². The molecule has 0 radical (unpaired) electrons. The summed E-state index contributed by atoms with van der Waals surface area (Å²) in [5, 5.41) is 6.83. The molecule has 0 bridgehead atoms. The summed E-state index contributed by atoms with van der Waals surface area (Å²) >= 11 is 0. The van der Waals surface area contributed by atoms with Gasteiger partial charge in [-0.25, -0.2) is 4.79 Å². The Kier molecular flexibility index (Phi) is 4.78. The number of primary amides is 1. The zero-order valence-corrected chi connectivity index (χ0v) is 12.0. The molecule has 0 aliphatic heterocycles. The smallest absolute Gasteiger partial charge is 0.317 e. The number of nitrogens with zero attached hydrogens (tertiary/aromatic N) is 2. The molecular weight excluding hydrogens is 272 g/mol. The van der Waals surface area contributed by atoms with E-state index < -0.39 is 6.03 Å². The Bertz CT molecular complexity index is 607. The zero-order chi connectivity index (χ0) is 15.2. The highest BCUT2D eigenvalue weighted by molar-refractivity contribution is 5.87. The molecule has 1 aromatic carbocycles. The van der Waals surface area contributed by atoms with Crippen LogP contribution in [0.5, 0.6) is 5.75 Å². The van der Waals surface area contributed by atoms with E-state index in [0.29, 0.717) is 19.0 Å². The van der Waals surface area contributed by atoms with Crippen LogP contribution in [0.4, 0.5) is 10.6 Å². The summed E-state index contributed by atoms with van der Waals surface area (Å²) in [6, 6.07) is 8.66. The maximum absolute atomic E-state index is 10.9. The molecule has 3 N–H and O–H groups in total. The van der Waals surface area contributed by atoms with Gasteiger partial charge in [0.2, 0.25) is 0 Å². The molecule has 2 amide bonds. The molecule has 0 saturated carbocycles. The molecule has 0 aliphatic rings. The van der Waals surface area contributed by atoms with Crippen LogP contribution in [0.3, 0.4) is 0 Å². The number of ether oxygens (including phenoxy) is 2. The summed E-state index contributed by atoms with van der Waals surface area (Å²) in [5.74, 6) is 1.31. The fourth-order valence-electron chi connectivity index (χ4n) is 1.82. The van der Waals surface area contributed by atoms with E-state index in [4.69, 9.17) is 15.2 Å². The van der Waals surface area contributed by atoms with Crippen molar-refractivity contribution in [3.63, 3.8) is 0 Å². The molecule has 112 valence electrons. The summed E-state index contributed by atoms with van der Waals surface area (Å²) in [5.41, 5.74) is 6.76. The average Bonchev–Trinajstić information content (AvgIpc) is 2.80. The van der Waals surface area contributed by atoms with Crippen LogP contribution in [0.25, 0.3) is 11.3 Å². The van der Waals surface area contributed by atoms with Crippen molar-refractivity contribution in [1.82, 2.24) is 9.78 Å². The van der Waals surface area contributed by atoms with E-state index in [0.717, 1.165) is 17.0 Å². The van der Waals surface area contributed by atoms with Crippen LogP contribution in [0.2, 0.25) is 0 Å². The number of benzene rings is 1. The predicted molar refractivity (Wildman–Crippen MR) is 79.2 cm³/mol. The van der Waals surface area contributed by atoms with Crippen LogP contribution in [0.15, 0.2) is 30.3 Å². The lowest BCUT2D eigenvalue weighted by molar-refractivity contribution is 0.146. The highest BCUT2D eigenvalue weighted by Crippen LogP contribution is 2.23. The Hall–Kier alpha value is -2.54. The van der Waals surface area contributed by atoms with E-state index in [1.807, 2.05) is 24.3 Å². The van der Waals surface area contributed by atoms with Crippen molar-refractivity contribution in [3.8, 4) is 17.0 Å². The van der Waals surface area contributed by atoms with Crippen LogP contribution < -0.4 is 15.8 Å². The lowest BCUT2D eigenvalue weighted by atomic mass is 10.1. The molecule has 0 spiro atoms. The van der Waals surface area contributed by atoms with E-state index in [1.165, 1.54) is 0 Å². The normalized spacial score (nSPS) is 10.4. The minimum atomic E-state index is -0.619. The second-order valence-corrected chi connectivity index (χ2v) is 4.39. The number of hydrogen-bond acceptors (Lipinski definition) is 4. The third-order valence-corrected chi connectivity index (χ3v) is 2.84. The van der Waals surface area contributed by atoms with Crippen LogP contribution in [-0.4, -0.2) is 36.1 Å². The van der Waals surface area contributed by atoms with E-state index >= 15 is 0 Å². The second-order valence-electron chi connectivity index (χ2n) is 4.39. The summed E-state index contributed by atoms with van der Waals surface area (Å²) in [7, 11) is 3.36. The number of methoxy groups -OCH3 is 1. The van der Waals surface area contributed by atoms with Crippen molar-refractivity contribution in [3.05, 3.63) is 30.3 Å². The maximum atomic E-state index is 10.9. The van der Waals surface area contributed by atoms with Gasteiger partial charge < -0.3 is 15.2 Å². The number of aryl methyl sites for hydroxylation is 1. The molecule has 1 aromatic heterocycles. The molecule has 7 nitrogen and oxygen atoms in total. The first kappa shape index (κ1) is 14.9. The number of carbonyl (C=O) groups excluding carboxylic acids is 1. The molecule has 0 aliphatic carbocycles. The molecule has 2 rings (SSSR count). The van der Waals surface area contributed by atoms with Gasteiger partial charge in [-0.2, -0.15) is 5.10 Å². The van der Waals surface area contributed by atoms with E-state index in [-0.39, 0.29) is 0 Å². The van der Waals surface area contributed by atoms with Crippen molar-refractivity contribution in [1.29, 1.82) is 0 Å². The first-order valence-corrected chi connectivity index (χ1v) is 6.43. The third kappa shape index (κ3) is 3.96. The van der Waals surface area contributed by atoms with Crippen molar-refractivity contribution in [2.24, 2.45) is 12.8 Å². The molecular formula is C14H18N4O3. The molecule has 0 fully saturated rings. The van der Waals surface area contributed by atoms with Crippen LogP contribution in [0, 0.1) is 0 Å². The van der Waals surface area contributed by atoms with Crippen molar-refractivity contribution in [2.75, 3.05) is 25.6 Å². The summed E-state index contributed by atoms with van der Waals surface area (Å²) in [6.45, 7) is 1.05. The number of rotatable bonds is 6.